The number of rotatable bonds is 6. The maximum atomic E-state index is 12.9. The van der Waals surface area contributed by atoms with E-state index in [0.29, 0.717) is 69.6 Å². The Bertz CT molecular complexity index is 1570. The third kappa shape index (κ3) is 6.36. The molecule has 3 aromatic carbocycles. The molecule has 0 spiro atoms. The summed E-state index contributed by atoms with van der Waals surface area (Å²) in [7, 11) is 0. The summed E-state index contributed by atoms with van der Waals surface area (Å²) in [6.45, 7) is 4.26. The van der Waals surface area contributed by atoms with E-state index in [1.54, 1.807) is 48.5 Å². The Morgan fingerprint density at radius 3 is 2.35 bits per heavy atom. The van der Waals surface area contributed by atoms with Gasteiger partial charge in [-0.25, -0.2) is 0 Å². The van der Waals surface area contributed by atoms with Crippen LogP contribution >= 0.6 is 34.8 Å². The van der Waals surface area contributed by atoms with Crippen molar-refractivity contribution in [3.63, 3.8) is 0 Å². The van der Waals surface area contributed by atoms with Crippen molar-refractivity contribution in [3.05, 3.63) is 111 Å². The lowest BCUT2D eigenvalue weighted by Gasteiger charge is -2.37. The molecule has 1 aliphatic heterocycles. The molecule has 0 aliphatic carbocycles. The van der Waals surface area contributed by atoms with Gasteiger partial charge in [-0.3, -0.25) is 9.59 Å². The SMILES string of the molecule is Cc1ccc(C(=O)N2CCN(c3c(Cl)cccc3NC(=O)/C=C/c3ccc(-c4ccc(Cl)cc4Cl)o3)CC2)cc1. The van der Waals surface area contributed by atoms with Crippen molar-refractivity contribution in [3.8, 4) is 11.3 Å². The third-order valence-electron chi connectivity index (χ3n) is 6.65. The van der Waals surface area contributed by atoms with Gasteiger partial charge in [-0.15, -0.1) is 0 Å². The number of nitrogens with zero attached hydrogens (tertiary/aromatic N) is 2. The van der Waals surface area contributed by atoms with E-state index in [0.717, 1.165) is 11.3 Å². The predicted octanol–water partition coefficient (Wildman–Crippen LogP) is 7.83. The molecule has 1 aromatic heterocycles. The summed E-state index contributed by atoms with van der Waals surface area (Å²) in [6, 6.07) is 21.7. The normalized spacial score (nSPS) is 13.6. The first-order valence-corrected chi connectivity index (χ1v) is 13.9. The highest BCUT2D eigenvalue weighted by Gasteiger charge is 2.25. The number of carbonyl (C=O) groups excluding carboxylic acids is 2. The molecule has 0 radical (unpaired) electrons. The van der Waals surface area contributed by atoms with Gasteiger partial charge in [0.1, 0.15) is 11.5 Å². The fourth-order valence-corrected chi connectivity index (χ4v) is 5.35. The number of hydrogen-bond acceptors (Lipinski definition) is 4. The van der Waals surface area contributed by atoms with Gasteiger partial charge < -0.3 is 19.5 Å². The number of furan rings is 1. The molecule has 9 heteroatoms. The molecular weight excluding hydrogens is 569 g/mol. The number of aryl methyl sites for hydroxylation is 1. The van der Waals surface area contributed by atoms with Crippen molar-refractivity contribution < 1.29 is 14.0 Å². The zero-order valence-corrected chi connectivity index (χ0v) is 23.9. The average Bonchev–Trinajstić information content (AvgIpc) is 3.41. The van der Waals surface area contributed by atoms with Crippen molar-refractivity contribution in [1.82, 2.24) is 4.90 Å². The lowest BCUT2D eigenvalue weighted by atomic mass is 10.1. The zero-order chi connectivity index (χ0) is 28.2. The second-order valence-corrected chi connectivity index (χ2v) is 10.7. The third-order valence-corrected chi connectivity index (χ3v) is 7.50. The first kappa shape index (κ1) is 27.8. The average molecular weight is 595 g/mol. The quantitative estimate of drug-likeness (QED) is 0.231. The van der Waals surface area contributed by atoms with Gasteiger partial charge in [-0.2, -0.15) is 0 Å². The van der Waals surface area contributed by atoms with Crippen molar-refractivity contribution in [2.75, 3.05) is 36.4 Å². The monoisotopic (exact) mass is 593 g/mol. The Kier molecular flexibility index (Phi) is 8.50. The number of para-hydroxylation sites is 1. The lowest BCUT2D eigenvalue weighted by Crippen LogP contribution is -2.49. The van der Waals surface area contributed by atoms with Gasteiger partial charge >= 0.3 is 0 Å². The maximum Gasteiger partial charge on any atom is 0.253 e. The Morgan fingerprint density at radius 2 is 1.62 bits per heavy atom. The smallest absolute Gasteiger partial charge is 0.253 e. The number of halogens is 3. The van der Waals surface area contributed by atoms with Crippen LogP contribution in [0.4, 0.5) is 11.4 Å². The van der Waals surface area contributed by atoms with E-state index in [9.17, 15) is 9.59 Å². The number of hydrogen-bond donors (Lipinski definition) is 1. The van der Waals surface area contributed by atoms with Crippen LogP contribution in [0.25, 0.3) is 17.4 Å². The summed E-state index contributed by atoms with van der Waals surface area (Å²) in [5.74, 6) is 0.742. The molecule has 1 fully saturated rings. The van der Waals surface area contributed by atoms with Gasteiger partial charge in [0.05, 0.1) is 21.4 Å². The minimum absolute atomic E-state index is 0.0110. The van der Waals surface area contributed by atoms with Crippen LogP contribution in [-0.2, 0) is 4.79 Å². The number of benzene rings is 3. The highest BCUT2D eigenvalue weighted by molar-refractivity contribution is 6.36. The number of anilines is 2. The highest BCUT2D eigenvalue weighted by Crippen LogP contribution is 2.35. The Labute approximate surface area is 247 Å². The minimum atomic E-state index is -0.334. The molecule has 2 heterocycles. The molecule has 1 saturated heterocycles. The first-order valence-electron chi connectivity index (χ1n) is 12.7. The van der Waals surface area contributed by atoms with Crippen molar-refractivity contribution in [1.29, 1.82) is 0 Å². The second-order valence-electron chi connectivity index (χ2n) is 9.43. The molecule has 2 amide bonds. The molecule has 5 rings (SSSR count). The van der Waals surface area contributed by atoms with E-state index in [4.69, 9.17) is 39.2 Å². The maximum absolute atomic E-state index is 12.9. The Hall–Kier alpha value is -3.71. The molecule has 0 saturated carbocycles. The fraction of sp³-hybridized carbons (Fsp3) is 0.161. The number of amides is 2. The van der Waals surface area contributed by atoms with Gasteiger partial charge in [-0.1, -0.05) is 58.6 Å². The molecule has 6 nitrogen and oxygen atoms in total. The fourth-order valence-electron chi connectivity index (χ4n) is 4.56. The van der Waals surface area contributed by atoms with Crippen LogP contribution in [0.5, 0.6) is 0 Å². The number of nitrogens with one attached hydrogen (secondary N) is 1. The molecule has 1 aliphatic rings. The van der Waals surface area contributed by atoms with Crippen molar-refractivity contribution in [2.45, 2.75) is 6.92 Å². The molecule has 40 heavy (non-hydrogen) atoms. The topological polar surface area (TPSA) is 65.8 Å². The van der Waals surface area contributed by atoms with Gasteiger partial charge in [0.2, 0.25) is 5.91 Å². The van der Waals surface area contributed by atoms with Gasteiger partial charge in [0.15, 0.2) is 0 Å². The van der Waals surface area contributed by atoms with E-state index in [-0.39, 0.29) is 11.8 Å². The summed E-state index contributed by atoms with van der Waals surface area (Å²) in [4.78, 5) is 29.7. The molecule has 1 N–H and O–H groups in total. The molecule has 0 bridgehead atoms. The van der Waals surface area contributed by atoms with Crippen LogP contribution in [0.2, 0.25) is 15.1 Å². The van der Waals surface area contributed by atoms with E-state index in [2.05, 4.69) is 10.2 Å². The van der Waals surface area contributed by atoms with Crippen LogP contribution in [0, 0.1) is 6.92 Å². The van der Waals surface area contributed by atoms with Gasteiger partial charge in [0.25, 0.3) is 5.91 Å². The van der Waals surface area contributed by atoms with Crippen molar-refractivity contribution in [2.24, 2.45) is 0 Å². The molecule has 4 aromatic rings. The van der Waals surface area contributed by atoms with Crippen LogP contribution in [0.15, 0.2) is 83.3 Å². The van der Waals surface area contributed by atoms with Crippen LogP contribution in [0.1, 0.15) is 21.7 Å². The Morgan fingerprint density at radius 1 is 0.875 bits per heavy atom. The zero-order valence-electron chi connectivity index (χ0n) is 21.7. The Balaban J connectivity index is 1.24. The summed E-state index contributed by atoms with van der Waals surface area (Å²) in [5, 5.41) is 4.46. The largest absolute Gasteiger partial charge is 0.457 e. The van der Waals surface area contributed by atoms with E-state index in [1.165, 1.54) is 6.08 Å². The number of piperazine rings is 1. The van der Waals surface area contributed by atoms with Crippen LogP contribution < -0.4 is 10.2 Å². The predicted molar refractivity (Wildman–Crippen MR) is 163 cm³/mol. The van der Waals surface area contributed by atoms with Crippen LogP contribution in [-0.4, -0.2) is 42.9 Å². The molecule has 204 valence electrons. The van der Waals surface area contributed by atoms with E-state index in [1.807, 2.05) is 42.2 Å². The summed E-state index contributed by atoms with van der Waals surface area (Å²) < 4.78 is 5.84. The summed E-state index contributed by atoms with van der Waals surface area (Å²) in [6.07, 6.45) is 2.98. The van der Waals surface area contributed by atoms with Crippen LogP contribution in [0.3, 0.4) is 0 Å². The second kappa shape index (κ2) is 12.2. The molecular formula is C31H26Cl3N3O3. The highest BCUT2D eigenvalue weighted by atomic mass is 35.5. The standard InChI is InChI=1S/C31H26Cl3N3O3/c1-20-5-7-21(8-6-20)31(39)37-17-15-36(16-18-37)30-25(33)3-2-4-27(30)35-29(38)14-11-23-10-13-28(40-23)24-12-9-22(32)19-26(24)34/h2-14,19H,15-18H2,1H3,(H,35,38)/b14-11+. The summed E-state index contributed by atoms with van der Waals surface area (Å²) >= 11 is 18.8. The van der Waals surface area contributed by atoms with Crippen molar-refractivity contribution >= 4 is 64.1 Å². The minimum Gasteiger partial charge on any atom is -0.457 e. The van der Waals surface area contributed by atoms with Gasteiger partial charge in [0, 0.05) is 48.4 Å². The van der Waals surface area contributed by atoms with E-state index < -0.39 is 0 Å². The number of carbonyl (C=O) groups is 2. The lowest BCUT2D eigenvalue weighted by molar-refractivity contribution is -0.111. The molecule has 0 unspecified atom stereocenters. The first-order chi connectivity index (χ1) is 19.3. The molecule has 0 atom stereocenters. The van der Waals surface area contributed by atoms with Gasteiger partial charge in [-0.05, 0) is 67.6 Å². The van der Waals surface area contributed by atoms with E-state index >= 15 is 0 Å². The summed E-state index contributed by atoms with van der Waals surface area (Å²) in [5.41, 5.74) is 3.82.